The standard InChI is InChI=1S/C19H16N4O3/c24-17(13-22-18(25)14-5-2-1-3-6-14)23-15-7-9-16(10-8-15)26-19-20-11-4-12-21-19/h1-12H,13H2,(H,22,25)(H,23,24). The molecule has 0 aliphatic heterocycles. The zero-order valence-electron chi connectivity index (χ0n) is 13.8. The molecule has 0 saturated heterocycles. The number of carbonyl (C=O) groups excluding carboxylic acids is 2. The summed E-state index contributed by atoms with van der Waals surface area (Å²) in [4.78, 5) is 31.8. The summed E-state index contributed by atoms with van der Waals surface area (Å²) in [6.45, 7) is -0.121. The molecule has 0 fully saturated rings. The van der Waals surface area contributed by atoms with E-state index in [9.17, 15) is 9.59 Å². The predicted molar refractivity (Wildman–Crippen MR) is 96.0 cm³/mol. The van der Waals surface area contributed by atoms with Crippen LogP contribution in [-0.2, 0) is 4.79 Å². The van der Waals surface area contributed by atoms with E-state index < -0.39 is 0 Å². The second-order valence-corrected chi connectivity index (χ2v) is 5.25. The second-order valence-electron chi connectivity index (χ2n) is 5.25. The lowest BCUT2D eigenvalue weighted by molar-refractivity contribution is -0.115. The Hall–Kier alpha value is -3.74. The Kier molecular flexibility index (Phi) is 5.51. The fourth-order valence-electron chi connectivity index (χ4n) is 2.11. The van der Waals surface area contributed by atoms with E-state index in [1.807, 2.05) is 6.07 Å². The van der Waals surface area contributed by atoms with Crippen LogP contribution in [0, 0.1) is 0 Å². The largest absolute Gasteiger partial charge is 0.424 e. The van der Waals surface area contributed by atoms with E-state index in [4.69, 9.17) is 4.74 Å². The summed E-state index contributed by atoms with van der Waals surface area (Å²) in [5, 5.41) is 5.27. The van der Waals surface area contributed by atoms with Gasteiger partial charge in [-0.05, 0) is 42.5 Å². The Balaban J connectivity index is 1.49. The fraction of sp³-hybridized carbons (Fsp3) is 0.0526. The summed E-state index contributed by atoms with van der Waals surface area (Å²) in [6, 6.07) is 17.4. The highest BCUT2D eigenvalue weighted by Crippen LogP contribution is 2.19. The summed E-state index contributed by atoms with van der Waals surface area (Å²) in [7, 11) is 0. The molecule has 2 amide bonds. The first-order valence-corrected chi connectivity index (χ1v) is 7.89. The van der Waals surface area contributed by atoms with Gasteiger partial charge in [-0.3, -0.25) is 9.59 Å². The number of hydrogen-bond donors (Lipinski definition) is 2. The van der Waals surface area contributed by atoms with Crippen molar-refractivity contribution in [3.63, 3.8) is 0 Å². The van der Waals surface area contributed by atoms with E-state index in [-0.39, 0.29) is 24.4 Å². The minimum absolute atomic E-state index is 0.121. The van der Waals surface area contributed by atoms with Crippen LogP contribution >= 0.6 is 0 Å². The van der Waals surface area contributed by atoms with Crippen LogP contribution in [-0.4, -0.2) is 28.3 Å². The van der Waals surface area contributed by atoms with Crippen LogP contribution in [0.2, 0.25) is 0 Å². The number of amides is 2. The molecule has 26 heavy (non-hydrogen) atoms. The third-order valence-corrected chi connectivity index (χ3v) is 3.33. The smallest absolute Gasteiger partial charge is 0.321 e. The molecule has 2 N–H and O–H groups in total. The zero-order valence-corrected chi connectivity index (χ0v) is 13.8. The van der Waals surface area contributed by atoms with E-state index in [1.165, 1.54) is 0 Å². The third-order valence-electron chi connectivity index (χ3n) is 3.33. The van der Waals surface area contributed by atoms with Crippen molar-refractivity contribution in [2.24, 2.45) is 0 Å². The minimum Gasteiger partial charge on any atom is -0.424 e. The predicted octanol–water partition coefficient (Wildman–Crippen LogP) is 2.64. The van der Waals surface area contributed by atoms with Gasteiger partial charge in [0.25, 0.3) is 5.91 Å². The fourth-order valence-corrected chi connectivity index (χ4v) is 2.11. The first-order valence-electron chi connectivity index (χ1n) is 7.89. The molecule has 0 aliphatic carbocycles. The lowest BCUT2D eigenvalue weighted by atomic mass is 10.2. The van der Waals surface area contributed by atoms with Crippen molar-refractivity contribution in [2.45, 2.75) is 0 Å². The molecule has 2 aromatic carbocycles. The Morgan fingerprint density at radius 3 is 2.27 bits per heavy atom. The van der Waals surface area contributed by atoms with E-state index in [0.29, 0.717) is 17.0 Å². The number of nitrogens with zero attached hydrogens (tertiary/aromatic N) is 2. The molecule has 0 aliphatic rings. The molecule has 7 nitrogen and oxygen atoms in total. The van der Waals surface area contributed by atoms with Crippen molar-refractivity contribution in [1.82, 2.24) is 15.3 Å². The maximum Gasteiger partial charge on any atom is 0.321 e. The highest BCUT2D eigenvalue weighted by Gasteiger charge is 2.08. The van der Waals surface area contributed by atoms with Crippen molar-refractivity contribution < 1.29 is 14.3 Å². The second kappa shape index (κ2) is 8.39. The van der Waals surface area contributed by atoms with Gasteiger partial charge in [0.05, 0.1) is 6.54 Å². The Labute approximate surface area is 150 Å². The summed E-state index contributed by atoms with van der Waals surface area (Å²) in [6.07, 6.45) is 3.17. The van der Waals surface area contributed by atoms with Crippen LogP contribution in [0.3, 0.4) is 0 Å². The average Bonchev–Trinajstić information content (AvgIpc) is 2.69. The molecule has 0 radical (unpaired) electrons. The number of hydrogen-bond acceptors (Lipinski definition) is 5. The molecule has 3 aromatic rings. The first kappa shape index (κ1) is 17.1. The molecular weight excluding hydrogens is 332 g/mol. The van der Waals surface area contributed by atoms with E-state index in [0.717, 1.165) is 0 Å². The van der Waals surface area contributed by atoms with Crippen LogP contribution in [0.4, 0.5) is 5.69 Å². The number of ether oxygens (including phenoxy) is 1. The molecule has 0 unspecified atom stereocenters. The van der Waals surface area contributed by atoms with Crippen molar-refractivity contribution in [3.8, 4) is 11.8 Å². The van der Waals surface area contributed by atoms with Crippen LogP contribution in [0.5, 0.6) is 11.8 Å². The van der Waals surface area contributed by atoms with Crippen molar-refractivity contribution in [3.05, 3.63) is 78.6 Å². The van der Waals surface area contributed by atoms with Crippen LogP contribution < -0.4 is 15.4 Å². The monoisotopic (exact) mass is 348 g/mol. The summed E-state index contributed by atoms with van der Waals surface area (Å²) >= 11 is 0. The number of carbonyl (C=O) groups is 2. The quantitative estimate of drug-likeness (QED) is 0.714. The van der Waals surface area contributed by atoms with Gasteiger partial charge < -0.3 is 15.4 Å². The van der Waals surface area contributed by atoms with Gasteiger partial charge in [-0.2, -0.15) is 0 Å². The molecule has 0 spiro atoms. The highest BCUT2D eigenvalue weighted by atomic mass is 16.5. The highest BCUT2D eigenvalue weighted by molar-refractivity contribution is 5.99. The van der Waals surface area contributed by atoms with E-state index in [2.05, 4.69) is 20.6 Å². The number of nitrogens with one attached hydrogen (secondary N) is 2. The molecule has 0 atom stereocenters. The molecule has 3 rings (SSSR count). The molecule has 0 bridgehead atoms. The van der Waals surface area contributed by atoms with Crippen LogP contribution in [0.25, 0.3) is 0 Å². The van der Waals surface area contributed by atoms with Crippen molar-refractivity contribution in [2.75, 3.05) is 11.9 Å². The SMILES string of the molecule is O=C(CNC(=O)c1ccccc1)Nc1ccc(Oc2ncccn2)cc1. The lowest BCUT2D eigenvalue weighted by Crippen LogP contribution is -2.32. The topological polar surface area (TPSA) is 93.2 Å². The van der Waals surface area contributed by atoms with Gasteiger partial charge in [0.2, 0.25) is 5.91 Å². The number of rotatable bonds is 6. The van der Waals surface area contributed by atoms with Gasteiger partial charge in [-0.25, -0.2) is 9.97 Å². The Bertz CT molecular complexity index is 868. The Morgan fingerprint density at radius 1 is 0.885 bits per heavy atom. The first-order chi connectivity index (χ1) is 12.7. The number of aromatic nitrogens is 2. The van der Waals surface area contributed by atoms with Gasteiger partial charge in [0.15, 0.2) is 0 Å². The van der Waals surface area contributed by atoms with Crippen LogP contribution in [0.15, 0.2) is 73.1 Å². The zero-order chi connectivity index (χ0) is 18.2. The molecule has 130 valence electrons. The molecular formula is C19H16N4O3. The number of anilines is 1. The van der Waals surface area contributed by atoms with Gasteiger partial charge >= 0.3 is 6.01 Å². The number of benzene rings is 2. The Morgan fingerprint density at radius 2 is 1.58 bits per heavy atom. The molecule has 7 heteroatoms. The van der Waals surface area contributed by atoms with Crippen LogP contribution in [0.1, 0.15) is 10.4 Å². The van der Waals surface area contributed by atoms with Crippen molar-refractivity contribution >= 4 is 17.5 Å². The maximum atomic E-state index is 11.9. The molecule has 1 heterocycles. The van der Waals surface area contributed by atoms with Gasteiger partial charge in [0.1, 0.15) is 5.75 Å². The summed E-state index contributed by atoms with van der Waals surface area (Å²) in [5.41, 5.74) is 1.09. The summed E-state index contributed by atoms with van der Waals surface area (Å²) in [5.74, 6) is -0.0757. The normalized spacial score (nSPS) is 10.0. The van der Waals surface area contributed by atoms with E-state index in [1.54, 1.807) is 67.0 Å². The maximum absolute atomic E-state index is 11.9. The van der Waals surface area contributed by atoms with Gasteiger partial charge in [-0.15, -0.1) is 0 Å². The van der Waals surface area contributed by atoms with Crippen molar-refractivity contribution in [1.29, 1.82) is 0 Å². The average molecular weight is 348 g/mol. The molecule has 1 aromatic heterocycles. The van der Waals surface area contributed by atoms with E-state index >= 15 is 0 Å². The van der Waals surface area contributed by atoms with Gasteiger partial charge in [-0.1, -0.05) is 18.2 Å². The molecule has 0 saturated carbocycles. The third kappa shape index (κ3) is 4.88. The summed E-state index contributed by atoms with van der Waals surface area (Å²) < 4.78 is 5.47. The lowest BCUT2D eigenvalue weighted by Gasteiger charge is -2.08. The van der Waals surface area contributed by atoms with Gasteiger partial charge in [0, 0.05) is 23.6 Å². The minimum atomic E-state index is -0.325.